The van der Waals surface area contributed by atoms with Crippen molar-refractivity contribution in [2.24, 2.45) is 0 Å². The molecule has 2 aromatic heterocycles. The fourth-order valence-corrected chi connectivity index (χ4v) is 4.71. The Morgan fingerprint density at radius 3 is 2.52 bits per heavy atom. The summed E-state index contributed by atoms with van der Waals surface area (Å²) in [6.07, 6.45) is 1.59. The van der Waals surface area contributed by atoms with E-state index in [2.05, 4.69) is 5.16 Å². The van der Waals surface area contributed by atoms with Crippen LogP contribution < -0.4 is 4.90 Å². The van der Waals surface area contributed by atoms with E-state index in [9.17, 15) is 8.42 Å². The van der Waals surface area contributed by atoms with E-state index in [1.807, 2.05) is 31.2 Å². The Labute approximate surface area is 158 Å². The van der Waals surface area contributed by atoms with Crippen LogP contribution in [-0.4, -0.2) is 44.1 Å². The van der Waals surface area contributed by atoms with Crippen molar-refractivity contribution in [1.82, 2.24) is 9.46 Å². The number of hydrogen-bond acceptors (Lipinski definition) is 5. The number of piperazine rings is 1. The van der Waals surface area contributed by atoms with Gasteiger partial charge in [0.1, 0.15) is 12.2 Å². The Hall–Kier alpha value is -2.42. The molecule has 0 saturated carbocycles. The maximum Gasteiger partial charge on any atom is 0.243 e. The van der Waals surface area contributed by atoms with Crippen LogP contribution in [-0.2, 0) is 16.6 Å². The van der Waals surface area contributed by atoms with Gasteiger partial charge in [0.2, 0.25) is 15.8 Å². The van der Waals surface area contributed by atoms with Gasteiger partial charge in [-0.3, -0.25) is 0 Å². The summed E-state index contributed by atoms with van der Waals surface area (Å²) >= 11 is 0. The number of aromatic nitrogens is 1. The summed E-state index contributed by atoms with van der Waals surface area (Å²) in [5, 5.41) is 4.10. The first-order valence-corrected chi connectivity index (χ1v) is 10.4. The molecule has 1 saturated heterocycles. The summed E-state index contributed by atoms with van der Waals surface area (Å²) in [5.41, 5.74) is 1.89. The van der Waals surface area contributed by atoms with Gasteiger partial charge in [-0.05, 0) is 31.2 Å². The van der Waals surface area contributed by atoms with Gasteiger partial charge in [0.15, 0.2) is 5.76 Å². The van der Waals surface area contributed by atoms with Crippen LogP contribution in [0.15, 0.2) is 62.6 Å². The number of furan rings is 1. The number of quaternary nitrogens is 1. The molecular formula is C19H22N3O4S+. The molecular weight excluding hydrogens is 366 g/mol. The van der Waals surface area contributed by atoms with Crippen molar-refractivity contribution >= 4 is 10.0 Å². The third-order valence-corrected chi connectivity index (χ3v) is 6.76. The summed E-state index contributed by atoms with van der Waals surface area (Å²) in [6.45, 7) is 5.09. The standard InChI is InChI=1S/C19H21N3O4S/c1-15-4-6-17(7-5-15)27(23,24)22-10-8-21(9-11-22)14-16-13-19(26-20-16)18-3-2-12-25-18/h2-7,12-13H,8-11,14H2,1H3/p+1. The van der Waals surface area contributed by atoms with Gasteiger partial charge in [-0.25, -0.2) is 8.42 Å². The number of nitrogens with one attached hydrogen (secondary N) is 1. The Kier molecular flexibility index (Phi) is 4.86. The maximum atomic E-state index is 12.8. The van der Waals surface area contributed by atoms with Gasteiger partial charge in [-0.2, -0.15) is 4.31 Å². The third-order valence-electron chi connectivity index (χ3n) is 4.84. The van der Waals surface area contributed by atoms with Gasteiger partial charge in [0.05, 0.1) is 37.3 Å². The zero-order valence-corrected chi connectivity index (χ0v) is 15.9. The second kappa shape index (κ2) is 7.30. The average Bonchev–Trinajstić information content (AvgIpc) is 3.34. The summed E-state index contributed by atoms with van der Waals surface area (Å²) in [5.74, 6) is 1.26. The van der Waals surface area contributed by atoms with E-state index in [1.54, 1.807) is 28.8 Å². The minimum Gasteiger partial charge on any atom is -0.461 e. The molecule has 0 unspecified atom stereocenters. The lowest BCUT2D eigenvalue weighted by Crippen LogP contribution is -3.13. The van der Waals surface area contributed by atoms with Crippen LogP contribution in [0, 0.1) is 6.92 Å². The first-order chi connectivity index (χ1) is 13.0. The summed E-state index contributed by atoms with van der Waals surface area (Å²) in [7, 11) is -3.43. The van der Waals surface area contributed by atoms with Crippen molar-refractivity contribution in [3.05, 3.63) is 60.0 Å². The van der Waals surface area contributed by atoms with Gasteiger partial charge >= 0.3 is 0 Å². The number of aryl methyl sites for hydroxylation is 1. The lowest BCUT2D eigenvalue weighted by molar-refractivity contribution is -0.917. The van der Waals surface area contributed by atoms with Crippen molar-refractivity contribution in [2.75, 3.05) is 26.2 Å². The highest BCUT2D eigenvalue weighted by atomic mass is 32.2. The molecule has 0 atom stereocenters. The Bertz CT molecular complexity index is 986. The van der Waals surface area contributed by atoms with Crippen LogP contribution in [0.5, 0.6) is 0 Å². The minimum absolute atomic E-state index is 0.358. The molecule has 8 heteroatoms. The summed E-state index contributed by atoms with van der Waals surface area (Å²) in [4.78, 5) is 1.64. The van der Waals surface area contributed by atoms with Crippen molar-refractivity contribution in [1.29, 1.82) is 0 Å². The number of nitrogens with zero attached hydrogens (tertiary/aromatic N) is 2. The molecule has 3 heterocycles. The first-order valence-electron chi connectivity index (χ1n) is 8.92. The van der Waals surface area contributed by atoms with Gasteiger partial charge in [-0.15, -0.1) is 0 Å². The van der Waals surface area contributed by atoms with E-state index in [0.29, 0.717) is 36.1 Å². The molecule has 142 valence electrons. The van der Waals surface area contributed by atoms with Crippen molar-refractivity contribution in [3.8, 4) is 11.5 Å². The Morgan fingerprint density at radius 2 is 1.85 bits per heavy atom. The van der Waals surface area contributed by atoms with E-state index < -0.39 is 10.0 Å². The monoisotopic (exact) mass is 388 g/mol. The van der Waals surface area contributed by atoms with E-state index in [4.69, 9.17) is 8.94 Å². The highest BCUT2D eigenvalue weighted by Crippen LogP contribution is 2.20. The molecule has 1 aliphatic rings. The zero-order valence-electron chi connectivity index (χ0n) is 15.1. The summed E-state index contributed by atoms with van der Waals surface area (Å²) in [6, 6.07) is 12.5. The molecule has 3 aromatic rings. The molecule has 7 nitrogen and oxygen atoms in total. The normalized spacial score (nSPS) is 16.6. The van der Waals surface area contributed by atoms with Gasteiger partial charge in [0, 0.05) is 6.07 Å². The molecule has 27 heavy (non-hydrogen) atoms. The minimum atomic E-state index is -3.43. The number of sulfonamides is 1. The van der Waals surface area contributed by atoms with Crippen LogP contribution in [0.2, 0.25) is 0 Å². The maximum absolute atomic E-state index is 12.8. The highest BCUT2D eigenvalue weighted by Gasteiger charge is 2.30. The zero-order chi connectivity index (χ0) is 18.9. The molecule has 4 rings (SSSR count). The van der Waals surface area contributed by atoms with Crippen LogP contribution in [0.3, 0.4) is 0 Å². The molecule has 1 aromatic carbocycles. The smallest absolute Gasteiger partial charge is 0.243 e. The molecule has 1 aliphatic heterocycles. The average molecular weight is 388 g/mol. The lowest BCUT2D eigenvalue weighted by Gasteiger charge is -2.31. The van der Waals surface area contributed by atoms with E-state index in [1.165, 1.54) is 4.90 Å². The second-order valence-electron chi connectivity index (χ2n) is 6.80. The first kappa shape index (κ1) is 18.0. The van der Waals surface area contributed by atoms with Gasteiger partial charge in [-0.1, -0.05) is 22.9 Å². The second-order valence-corrected chi connectivity index (χ2v) is 8.74. The van der Waals surface area contributed by atoms with E-state index in [-0.39, 0.29) is 0 Å². The van der Waals surface area contributed by atoms with Crippen molar-refractivity contribution in [2.45, 2.75) is 18.4 Å². The highest BCUT2D eigenvalue weighted by molar-refractivity contribution is 7.89. The number of hydrogen-bond donors (Lipinski definition) is 1. The quantitative estimate of drug-likeness (QED) is 0.713. The molecule has 0 radical (unpaired) electrons. The van der Waals surface area contributed by atoms with Crippen molar-refractivity contribution < 1.29 is 22.3 Å². The molecule has 0 aliphatic carbocycles. The van der Waals surface area contributed by atoms with Gasteiger partial charge in [0.25, 0.3) is 0 Å². The predicted molar refractivity (Wildman–Crippen MR) is 98.5 cm³/mol. The predicted octanol–water partition coefficient (Wildman–Crippen LogP) is 1.33. The van der Waals surface area contributed by atoms with Crippen LogP contribution in [0.1, 0.15) is 11.3 Å². The molecule has 0 bridgehead atoms. The Morgan fingerprint density at radius 1 is 1.11 bits per heavy atom. The van der Waals surface area contributed by atoms with Crippen LogP contribution in [0.25, 0.3) is 11.5 Å². The van der Waals surface area contributed by atoms with E-state index >= 15 is 0 Å². The number of rotatable bonds is 5. The fraction of sp³-hybridized carbons (Fsp3) is 0.316. The molecule has 0 amide bonds. The number of benzene rings is 1. The molecule has 0 spiro atoms. The summed E-state index contributed by atoms with van der Waals surface area (Å²) < 4.78 is 37.8. The topological polar surface area (TPSA) is 81.0 Å². The van der Waals surface area contributed by atoms with E-state index in [0.717, 1.165) is 24.3 Å². The lowest BCUT2D eigenvalue weighted by atomic mass is 10.2. The van der Waals surface area contributed by atoms with Gasteiger partial charge < -0.3 is 13.8 Å². The van der Waals surface area contributed by atoms with Crippen LogP contribution >= 0.6 is 0 Å². The van der Waals surface area contributed by atoms with Crippen LogP contribution in [0.4, 0.5) is 0 Å². The Balaban J connectivity index is 1.37. The SMILES string of the molecule is Cc1ccc(S(=O)(=O)N2CC[NH+](Cc3cc(-c4ccco4)on3)CC2)cc1. The fourth-order valence-electron chi connectivity index (χ4n) is 3.27. The van der Waals surface area contributed by atoms with Crippen molar-refractivity contribution in [3.63, 3.8) is 0 Å². The third kappa shape index (κ3) is 3.83. The molecule has 1 fully saturated rings. The largest absolute Gasteiger partial charge is 0.461 e. The molecule has 1 N–H and O–H groups in total.